The molecular formula is C25H34BrKN4O3S. The Morgan fingerprint density at radius 1 is 1.09 bits per heavy atom. The largest absolute Gasteiger partial charge is 1.00 e. The predicted octanol–water partition coefficient (Wildman–Crippen LogP) is 2.14. The van der Waals surface area contributed by atoms with Gasteiger partial charge in [-0.05, 0) is 67.7 Å². The van der Waals surface area contributed by atoms with Crippen molar-refractivity contribution >= 4 is 31.6 Å². The second-order valence-electron chi connectivity index (χ2n) is 9.44. The summed E-state index contributed by atoms with van der Waals surface area (Å²) in [6.07, 6.45) is 5.11. The molecule has 1 aliphatic heterocycles. The minimum absolute atomic E-state index is 0. The van der Waals surface area contributed by atoms with E-state index in [0.717, 1.165) is 63.3 Å². The third kappa shape index (κ3) is 7.73. The van der Waals surface area contributed by atoms with Gasteiger partial charge in [0.2, 0.25) is 0 Å². The van der Waals surface area contributed by atoms with Crippen molar-refractivity contribution in [3.63, 3.8) is 0 Å². The number of hydrogen-bond acceptors (Lipinski definition) is 6. The van der Waals surface area contributed by atoms with E-state index in [-0.39, 0.29) is 68.4 Å². The summed E-state index contributed by atoms with van der Waals surface area (Å²) in [5.41, 5.74) is 1.93. The van der Waals surface area contributed by atoms with E-state index in [1.54, 1.807) is 6.07 Å². The minimum atomic E-state index is -3.69. The summed E-state index contributed by atoms with van der Waals surface area (Å²) >= 11 is 3.36. The van der Waals surface area contributed by atoms with Crippen LogP contribution in [0.5, 0.6) is 5.75 Å². The number of rotatable bonds is 7. The zero-order chi connectivity index (χ0) is 24.3. The van der Waals surface area contributed by atoms with Gasteiger partial charge in [0.1, 0.15) is 15.8 Å². The van der Waals surface area contributed by atoms with Gasteiger partial charge in [0.15, 0.2) is 0 Å². The third-order valence-electron chi connectivity index (χ3n) is 6.65. The van der Waals surface area contributed by atoms with Gasteiger partial charge >= 0.3 is 51.4 Å². The van der Waals surface area contributed by atoms with Crippen molar-refractivity contribution in [3.05, 3.63) is 51.4 Å². The molecule has 186 valence electrons. The molecule has 0 atom stereocenters. The molecule has 1 saturated carbocycles. The van der Waals surface area contributed by atoms with Crippen LogP contribution in [0.15, 0.2) is 45.9 Å². The summed E-state index contributed by atoms with van der Waals surface area (Å²) in [4.78, 5) is 9.29. The van der Waals surface area contributed by atoms with E-state index < -0.39 is 10.0 Å². The van der Waals surface area contributed by atoms with Crippen LogP contribution in [0.2, 0.25) is 0 Å². The molecule has 1 saturated heterocycles. The van der Waals surface area contributed by atoms with Gasteiger partial charge in [0.25, 0.3) is 0 Å². The van der Waals surface area contributed by atoms with Crippen LogP contribution in [0, 0.1) is 6.92 Å². The van der Waals surface area contributed by atoms with Gasteiger partial charge in [-0.15, -0.1) is 6.04 Å². The average molecular weight is 590 g/mol. The van der Waals surface area contributed by atoms with Crippen LogP contribution in [0.3, 0.4) is 0 Å². The molecule has 0 unspecified atom stereocenters. The second-order valence-corrected chi connectivity index (χ2v) is 11.9. The molecule has 2 aromatic rings. The van der Waals surface area contributed by atoms with Crippen LogP contribution in [-0.4, -0.2) is 62.7 Å². The molecule has 0 N–H and O–H groups in total. The van der Waals surface area contributed by atoms with Crippen LogP contribution in [0.1, 0.15) is 45.2 Å². The van der Waals surface area contributed by atoms with Crippen molar-refractivity contribution in [1.82, 2.24) is 9.88 Å². The van der Waals surface area contributed by atoms with Gasteiger partial charge in [-0.2, -0.15) is 0 Å². The number of sulfonamides is 1. The molecule has 1 aromatic heterocycles. The number of anilines is 1. The zero-order valence-electron chi connectivity index (χ0n) is 21.2. The van der Waals surface area contributed by atoms with E-state index >= 15 is 0 Å². The first-order chi connectivity index (χ1) is 16.2. The maximum absolute atomic E-state index is 12.8. The van der Waals surface area contributed by atoms with Crippen molar-refractivity contribution in [2.24, 2.45) is 0 Å². The van der Waals surface area contributed by atoms with Gasteiger partial charge in [0.05, 0.1) is 22.4 Å². The normalized spacial score (nSPS) is 21.6. The first-order valence-electron chi connectivity index (χ1n) is 12.1. The van der Waals surface area contributed by atoms with Gasteiger partial charge in [-0.3, -0.25) is 9.88 Å². The van der Waals surface area contributed by atoms with Gasteiger partial charge in [-0.1, -0.05) is 25.0 Å². The Kier molecular flexibility index (Phi) is 11.1. The van der Waals surface area contributed by atoms with Crippen LogP contribution >= 0.6 is 15.9 Å². The van der Waals surface area contributed by atoms with E-state index in [9.17, 15) is 8.42 Å². The molecule has 35 heavy (non-hydrogen) atoms. The quantitative estimate of drug-likeness (QED) is 0.461. The number of aryl methyl sites for hydroxylation is 1. The summed E-state index contributed by atoms with van der Waals surface area (Å²) in [5, 5.41) is 0. The first-order valence-corrected chi connectivity index (χ1v) is 14.3. The Bertz CT molecular complexity index is 1090. The summed E-state index contributed by atoms with van der Waals surface area (Å²) in [5.74, 6) is 0.949. The topological polar surface area (TPSA) is 76.8 Å². The fraction of sp³-hybridized carbons (Fsp3) is 0.560. The number of para-hydroxylation sites is 2. The van der Waals surface area contributed by atoms with Gasteiger partial charge in [0, 0.05) is 42.9 Å². The SMILES string of the molecule is Cc1ncc(S(=O)(=O)[N-]C2CCC(N3CCN(c4ccccc4OC(C)C)CC3)CC2)cc1Br.[K+]. The van der Waals surface area contributed by atoms with E-state index in [0.29, 0.717) is 10.5 Å². The Morgan fingerprint density at radius 2 is 1.74 bits per heavy atom. The molecule has 4 rings (SSSR count). The minimum Gasteiger partial charge on any atom is -0.542 e. The molecule has 2 aliphatic rings. The number of aromatic nitrogens is 1. The molecule has 0 spiro atoms. The van der Waals surface area contributed by atoms with Crippen LogP contribution in [0.4, 0.5) is 5.69 Å². The monoisotopic (exact) mass is 588 g/mol. The molecule has 2 heterocycles. The Hall–Kier alpha value is -0.0436. The number of ether oxygens (including phenoxy) is 1. The van der Waals surface area contributed by atoms with Crippen LogP contribution < -0.4 is 61.0 Å². The van der Waals surface area contributed by atoms with Crippen molar-refractivity contribution in [3.8, 4) is 5.75 Å². The summed E-state index contributed by atoms with van der Waals surface area (Å²) in [6.45, 7) is 9.88. The van der Waals surface area contributed by atoms with Crippen LogP contribution in [-0.2, 0) is 10.0 Å². The van der Waals surface area contributed by atoms with Crippen LogP contribution in [0.25, 0.3) is 4.72 Å². The van der Waals surface area contributed by atoms with Gasteiger partial charge < -0.3 is 14.4 Å². The van der Waals surface area contributed by atoms with Crippen molar-refractivity contribution in [2.75, 3.05) is 31.1 Å². The number of benzene rings is 1. The van der Waals surface area contributed by atoms with Crippen molar-refractivity contribution in [2.45, 2.75) is 69.5 Å². The average Bonchev–Trinajstić information content (AvgIpc) is 2.81. The molecule has 0 radical (unpaired) electrons. The second kappa shape index (κ2) is 13.2. The van der Waals surface area contributed by atoms with E-state index in [1.807, 2.05) is 19.1 Å². The fourth-order valence-corrected chi connectivity index (χ4v) is 6.49. The molecular weight excluding hydrogens is 555 g/mol. The number of halogens is 1. The van der Waals surface area contributed by atoms with Crippen molar-refractivity contribution < 1.29 is 64.5 Å². The molecule has 2 fully saturated rings. The molecule has 10 heteroatoms. The van der Waals surface area contributed by atoms with E-state index in [1.165, 1.54) is 11.9 Å². The molecule has 0 bridgehead atoms. The molecule has 0 amide bonds. The Morgan fingerprint density at radius 3 is 2.37 bits per heavy atom. The first kappa shape index (κ1) is 29.5. The Labute approximate surface area is 261 Å². The summed E-state index contributed by atoms with van der Waals surface area (Å²) in [6, 6.07) is 10.2. The molecule has 1 aliphatic carbocycles. The number of nitrogens with zero attached hydrogens (tertiary/aromatic N) is 4. The summed E-state index contributed by atoms with van der Waals surface area (Å²) in [7, 11) is -3.69. The van der Waals surface area contributed by atoms with Crippen molar-refractivity contribution in [1.29, 1.82) is 0 Å². The van der Waals surface area contributed by atoms with Gasteiger partial charge in [-0.25, -0.2) is 8.42 Å². The maximum atomic E-state index is 12.8. The fourth-order valence-electron chi connectivity index (χ4n) is 4.82. The number of pyridine rings is 1. The van der Waals surface area contributed by atoms with E-state index in [4.69, 9.17) is 4.74 Å². The standard InChI is InChI=1S/C25H34BrN4O3S.K/c1-18(2)33-25-7-5-4-6-24(25)30-14-12-29(13-15-30)21-10-8-20(9-11-21)28-34(31,32)22-16-23(26)19(3)27-17-22;/h4-7,16-18,20-21H,8-15H2,1-3H3;/q-1;+1. The maximum Gasteiger partial charge on any atom is 1.00 e. The number of piperazine rings is 1. The third-order valence-corrected chi connectivity index (χ3v) is 8.85. The molecule has 7 nitrogen and oxygen atoms in total. The molecule has 1 aromatic carbocycles. The summed E-state index contributed by atoms with van der Waals surface area (Å²) < 4.78 is 36.5. The predicted molar refractivity (Wildman–Crippen MR) is 139 cm³/mol. The Balaban J connectivity index is 0.00000342. The number of hydrogen-bond donors (Lipinski definition) is 0. The van der Waals surface area contributed by atoms with E-state index in [2.05, 4.69) is 61.4 Å². The smallest absolute Gasteiger partial charge is 0.542 e. The zero-order valence-corrected chi connectivity index (χ0v) is 26.7.